The summed E-state index contributed by atoms with van der Waals surface area (Å²) < 4.78 is 3.64. The standard InChI is InChI=1S/C25H45N3O3Si/c1-6-11-13-15-20-32(19-10-5,21-16-14-12-7-2)22-28-24(30)26(17-8-3)23(29)27(18-9-4)25(28)31/h8-9H,3-4,6-7,10-22H2,1-2,5H3. The zero-order chi connectivity index (χ0) is 24.0. The van der Waals surface area contributed by atoms with E-state index >= 15 is 0 Å². The third-order valence-electron chi connectivity index (χ3n) is 6.40. The van der Waals surface area contributed by atoms with Crippen molar-refractivity contribution in [1.29, 1.82) is 0 Å². The number of nitrogens with zero attached hydrogens (tertiary/aromatic N) is 3. The predicted octanol–water partition coefficient (Wildman–Crippen LogP) is 5.10. The van der Waals surface area contributed by atoms with Gasteiger partial charge >= 0.3 is 17.1 Å². The molecule has 0 atom stereocenters. The van der Waals surface area contributed by atoms with Crippen molar-refractivity contribution < 1.29 is 0 Å². The first-order valence-corrected chi connectivity index (χ1v) is 15.4. The van der Waals surface area contributed by atoms with Crippen LogP contribution in [0, 0.1) is 0 Å². The Morgan fingerprint density at radius 1 is 0.625 bits per heavy atom. The summed E-state index contributed by atoms with van der Waals surface area (Å²) in [5, 5.41) is 0. The van der Waals surface area contributed by atoms with Crippen LogP contribution < -0.4 is 17.1 Å². The molecule has 0 fully saturated rings. The molecule has 0 radical (unpaired) electrons. The van der Waals surface area contributed by atoms with Crippen LogP contribution in [0.25, 0.3) is 0 Å². The molecule has 0 unspecified atom stereocenters. The van der Waals surface area contributed by atoms with Crippen molar-refractivity contribution in [2.24, 2.45) is 0 Å². The van der Waals surface area contributed by atoms with E-state index in [1.165, 1.54) is 55.2 Å². The maximum Gasteiger partial charge on any atom is 0.336 e. The molecule has 0 spiro atoms. The molecule has 0 N–H and O–H groups in total. The normalized spacial score (nSPS) is 11.6. The van der Waals surface area contributed by atoms with Gasteiger partial charge in [-0.2, -0.15) is 0 Å². The maximum atomic E-state index is 13.3. The fourth-order valence-corrected chi connectivity index (χ4v) is 9.95. The minimum Gasteiger partial charge on any atom is -0.248 e. The lowest BCUT2D eigenvalue weighted by Crippen LogP contribution is -2.57. The molecule has 1 rings (SSSR count). The molecule has 6 nitrogen and oxygen atoms in total. The van der Waals surface area contributed by atoms with Gasteiger partial charge < -0.3 is 0 Å². The van der Waals surface area contributed by atoms with Gasteiger partial charge in [-0.15, -0.1) is 13.2 Å². The van der Waals surface area contributed by atoms with Gasteiger partial charge in [0.05, 0.1) is 21.2 Å². The third kappa shape index (κ3) is 7.91. The van der Waals surface area contributed by atoms with Gasteiger partial charge in [0.1, 0.15) is 0 Å². The highest BCUT2D eigenvalue weighted by Crippen LogP contribution is 2.29. The van der Waals surface area contributed by atoms with Crippen molar-refractivity contribution in [3.63, 3.8) is 0 Å². The van der Waals surface area contributed by atoms with Crippen LogP contribution in [0.1, 0.15) is 78.6 Å². The van der Waals surface area contributed by atoms with E-state index in [0.717, 1.165) is 46.5 Å². The third-order valence-corrected chi connectivity index (χ3v) is 11.8. The Morgan fingerprint density at radius 2 is 1.06 bits per heavy atom. The van der Waals surface area contributed by atoms with E-state index in [1.54, 1.807) is 0 Å². The molecule has 1 aromatic heterocycles. The van der Waals surface area contributed by atoms with Gasteiger partial charge in [0.15, 0.2) is 0 Å². The van der Waals surface area contributed by atoms with Crippen LogP contribution in [0.4, 0.5) is 0 Å². The zero-order valence-electron chi connectivity index (χ0n) is 20.7. The summed E-state index contributed by atoms with van der Waals surface area (Å²) in [5.74, 6) is 0. The lowest BCUT2D eigenvalue weighted by atomic mass is 10.2. The molecule has 0 aliphatic carbocycles. The van der Waals surface area contributed by atoms with Crippen molar-refractivity contribution >= 4 is 8.07 Å². The summed E-state index contributed by atoms with van der Waals surface area (Å²) in [5.41, 5.74) is -1.56. The molecule has 0 saturated heterocycles. The highest BCUT2D eigenvalue weighted by atomic mass is 28.3. The average Bonchev–Trinajstić information content (AvgIpc) is 2.78. The van der Waals surface area contributed by atoms with Crippen molar-refractivity contribution in [1.82, 2.24) is 13.7 Å². The molecule has 1 heterocycles. The van der Waals surface area contributed by atoms with E-state index < -0.39 is 25.1 Å². The number of hydrogen-bond donors (Lipinski definition) is 0. The van der Waals surface area contributed by atoms with E-state index in [-0.39, 0.29) is 13.1 Å². The molecule has 32 heavy (non-hydrogen) atoms. The van der Waals surface area contributed by atoms with Gasteiger partial charge in [0.25, 0.3) is 0 Å². The van der Waals surface area contributed by atoms with Gasteiger partial charge in [0, 0.05) is 6.17 Å². The van der Waals surface area contributed by atoms with Gasteiger partial charge in [-0.25, -0.2) is 28.1 Å². The number of hydrogen-bond acceptors (Lipinski definition) is 3. The van der Waals surface area contributed by atoms with Gasteiger partial charge in [-0.05, 0) is 0 Å². The molecule has 0 saturated carbocycles. The van der Waals surface area contributed by atoms with Crippen molar-refractivity contribution in [2.75, 3.05) is 0 Å². The summed E-state index contributed by atoms with van der Waals surface area (Å²) in [6, 6.07) is 3.39. The van der Waals surface area contributed by atoms with Crippen molar-refractivity contribution in [2.45, 2.75) is 116 Å². The van der Waals surface area contributed by atoms with Gasteiger partial charge in [-0.3, -0.25) is 0 Å². The lowest BCUT2D eigenvalue weighted by molar-refractivity contribution is 0.504. The van der Waals surface area contributed by atoms with Gasteiger partial charge in [-0.1, -0.05) is 109 Å². The highest BCUT2D eigenvalue weighted by molar-refractivity contribution is 6.78. The average molecular weight is 464 g/mol. The smallest absolute Gasteiger partial charge is 0.248 e. The molecular weight excluding hydrogens is 418 g/mol. The second-order valence-electron chi connectivity index (χ2n) is 9.10. The number of allylic oxidation sites excluding steroid dienone is 2. The zero-order valence-corrected chi connectivity index (χ0v) is 21.7. The number of aromatic nitrogens is 3. The summed E-state index contributed by atoms with van der Waals surface area (Å²) in [7, 11) is -1.93. The predicted molar refractivity (Wildman–Crippen MR) is 138 cm³/mol. The topological polar surface area (TPSA) is 66.0 Å². The molecule has 0 aliphatic rings. The summed E-state index contributed by atoms with van der Waals surface area (Å²) in [6.07, 6.45) is 14.2. The Morgan fingerprint density at radius 3 is 1.44 bits per heavy atom. The lowest BCUT2D eigenvalue weighted by Gasteiger charge is -2.32. The first-order valence-electron chi connectivity index (χ1n) is 12.6. The Hall–Kier alpha value is -1.89. The van der Waals surface area contributed by atoms with E-state index in [2.05, 4.69) is 33.9 Å². The molecule has 182 valence electrons. The summed E-state index contributed by atoms with van der Waals surface area (Å²) in [4.78, 5) is 39.3. The molecule has 0 bridgehead atoms. The van der Waals surface area contributed by atoms with Crippen LogP contribution in [0.2, 0.25) is 18.1 Å². The largest absolute Gasteiger partial charge is 0.336 e. The van der Waals surface area contributed by atoms with Crippen LogP contribution >= 0.6 is 0 Å². The second kappa shape index (κ2) is 15.0. The molecule has 7 heteroatoms. The second-order valence-corrected chi connectivity index (χ2v) is 13.9. The first kappa shape index (κ1) is 28.1. The van der Waals surface area contributed by atoms with Crippen LogP contribution in [0.3, 0.4) is 0 Å². The van der Waals surface area contributed by atoms with Crippen LogP contribution in [-0.2, 0) is 19.3 Å². The van der Waals surface area contributed by atoms with Crippen molar-refractivity contribution in [3.05, 3.63) is 56.8 Å². The number of rotatable bonds is 18. The Labute approximate surface area is 194 Å². The molecule has 1 aromatic rings. The fourth-order valence-electron chi connectivity index (χ4n) is 4.72. The molecular formula is C25H45N3O3Si. The molecule has 0 amide bonds. The van der Waals surface area contributed by atoms with Crippen LogP contribution in [-0.4, -0.2) is 21.8 Å². The van der Waals surface area contributed by atoms with E-state index in [4.69, 9.17) is 0 Å². The van der Waals surface area contributed by atoms with E-state index in [9.17, 15) is 14.4 Å². The monoisotopic (exact) mass is 463 g/mol. The fraction of sp³-hybridized carbons (Fsp3) is 0.720. The summed E-state index contributed by atoms with van der Waals surface area (Å²) >= 11 is 0. The SMILES string of the molecule is C=CCn1c(=O)n(CC=C)c(=O)n(C[Si](CCC)(CCCCCC)CCCCCC)c1=O. The quantitative estimate of drug-likeness (QED) is 0.173. The first-order chi connectivity index (χ1) is 15.4. The highest BCUT2D eigenvalue weighted by Gasteiger charge is 2.33. The maximum absolute atomic E-state index is 13.3. The number of unbranched alkanes of at least 4 members (excludes halogenated alkanes) is 6. The Kier molecular flexibility index (Phi) is 13.2. The van der Waals surface area contributed by atoms with Gasteiger partial charge in [0.2, 0.25) is 0 Å². The minimum absolute atomic E-state index is 0.102. The van der Waals surface area contributed by atoms with E-state index in [0.29, 0.717) is 6.17 Å². The van der Waals surface area contributed by atoms with Crippen LogP contribution in [0.5, 0.6) is 0 Å². The Balaban J connectivity index is 3.48. The minimum atomic E-state index is -1.93. The summed E-state index contributed by atoms with van der Waals surface area (Å²) in [6.45, 7) is 14.2. The Bertz CT molecular complexity index is 822. The van der Waals surface area contributed by atoms with Crippen LogP contribution in [0.15, 0.2) is 39.7 Å². The van der Waals surface area contributed by atoms with Crippen molar-refractivity contribution in [3.8, 4) is 0 Å². The molecule has 0 aromatic carbocycles. The molecule has 0 aliphatic heterocycles. The van der Waals surface area contributed by atoms with E-state index in [1.807, 2.05) is 0 Å².